The second-order valence-corrected chi connectivity index (χ2v) is 8.40. The van der Waals surface area contributed by atoms with Gasteiger partial charge in [-0.25, -0.2) is 0 Å². The number of nitrogens with zero attached hydrogens (tertiary/aromatic N) is 4. The van der Waals surface area contributed by atoms with Crippen LogP contribution in [0.25, 0.3) is 11.4 Å². The van der Waals surface area contributed by atoms with Crippen LogP contribution >= 0.6 is 0 Å². The molecule has 0 bridgehead atoms. The van der Waals surface area contributed by atoms with E-state index in [-0.39, 0.29) is 23.9 Å². The molecule has 190 valence electrons. The number of nitrogens with one attached hydrogen (secondary N) is 2. The normalized spacial score (nSPS) is 14.4. The molecule has 0 saturated carbocycles. The number of amides is 1. The molecule has 1 amide bonds. The van der Waals surface area contributed by atoms with Crippen LogP contribution in [-0.4, -0.2) is 48.1 Å². The van der Waals surface area contributed by atoms with Gasteiger partial charge in [0.15, 0.2) is 5.82 Å². The van der Waals surface area contributed by atoms with E-state index in [9.17, 15) is 18.0 Å². The van der Waals surface area contributed by atoms with Crippen LogP contribution in [0.4, 0.5) is 25.1 Å². The Kier molecular flexibility index (Phi) is 7.56. The molecule has 2 N–H and O–H groups in total. The van der Waals surface area contributed by atoms with Gasteiger partial charge in [0.05, 0.1) is 12.7 Å². The van der Waals surface area contributed by atoms with E-state index < -0.39 is 11.7 Å². The minimum Gasteiger partial charge on any atom is -0.497 e. The van der Waals surface area contributed by atoms with Crippen molar-refractivity contribution in [2.45, 2.75) is 25.6 Å². The van der Waals surface area contributed by atoms with Gasteiger partial charge in [0.2, 0.25) is 17.8 Å². The lowest BCUT2D eigenvalue weighted by Gasteiger charge is -2.31. The van der Waals surface area contributed by atoms with Gasteiger partial charge in [0.25, 0.3) is 0 Å². The number of methoxy groups -OCH3 is 1. The van der Waals surface area contributed by atoms with Gasteiger partial charge in [-0.2, -0.15) is 28.1 Å². The van der Waals surface area contributed by atoms with Gasteiger partial charge in [-0.1, -0.05) is 30.3 Å². The number of anilines is 2. The van der Waals surface area contributed by atoms with Crippen LogP contribution in [0.1, 0.15) is 24.0 Å². The van der Waals surface area contributed by atoms with E-state index in [1.165, 1.54) is 18.2 Å². The maximum atomic E-state index is 13.2. The summed E-state index contributed by atoms with van der Waals surface area (Å²) in [6.07, 6.45) is -3.41. The fourth-order valence-corrected chi connectivity index (χ4v) is 4.13. The summed E-state index contributed by atoms with van der Waals surface area (Å²) in [6, 6.07) is 12.7. The Morgan fingerprint density at radius 1 is 1.08 bits per heavy atom. The number of hydrogen-bond acceptors (Lipinski definition) is 7. The third kappa shape index (κ3) is 5.84. The summed E-state index contributed by atoms with van der Waals surface area (Å²) in [5, 5.41) is 5.63. The highest BCUT2D eigenvalue weighted by Crippen LogP contribution is 2.32. The summed E-state index contributed by atoms with van der Waals surface area (Å²) in [4.78, 5) is 28.2. The van der Waals surface area contributed by atoms with Crippen LogP contribution in [0.15, 0.2) is 48.5 Å². The molecule has 1 aromatic heterocycles. The van der Waals surface area contributed by atoms with Crippen molar-refractivity contribution >= 4 is 17.8 Å². The number of rotatable bonds is 7. The molecule has 8 nitrogen and oxygen atoms in total. The zero-order valence-corrected chi connectivity index (χ0v) is 20.0. The summed E-state index contributed by atoms with van der Waals surface area (Å²) in [5.41, 5.74) is 0.0932. The van der Waals surface area contributed by atoms with Crippen LogP contribution < -0.4 is 20.3 Å². The third-order valence-electron chi connectivity index (χ3n) is 6.10. The van der Waals surface area contributed by atoms with Crippen molar-refractivity contribution in [3.8, 4) is 17.1 Å². The number of halogens is 3. The number of carbonyl (C=O) groups excluding carboxylic acids is 1. The van der Waals surface area contributed by atoms with Gasteiger partial charge >= 0.3 is 6.18 Å². The molecule has 11 heteroatoms. The molecule has 4 rings (SSSR count). The predicted molar refractivity (Wildman–Crippen MR) is 130 cm³/mol. The van der Waals surface area contributed by atoms with Gasteiger partial charge in [0, 0.05) is 38.2 Å². The summed E-state index contributed by atoms with van der Waals surface area (Å²) >= 11 is 0. The van der Waals surface area contributed by atoms with Crippen molar-refractivity contribution < 1.29 is 22.7 Å². The Balaban J connectivity index is 1.41. The highest BCUT2D eigenvalue weighted by atomic mass is 19.4. The fourth-order valence-electron chi connectivity index (χ4n) is 4.13. The second kappa shape index (κ2) is 10.8. The first-order chi connectivity index (χ1) is 17.3. The molecule has 2 heterocycles. The molecule has 3 aromatic rings. The Hall–Kier alpha value is -3.89. The molecule has 1 aliphatic rings. The number of piperidine rings is 1. The van der Waals surface area contributed by atoms with Gasteiger partial charge in [-0.05, 0) is 36.6 Å². The van der Waals surface area contributed by atoms with Crippen LogP contribution in [0, 0.1) is 5.92 Å². The molecular weight excluding hydrogens is 473 g/mol. The maximum absolute atomic E-state index is 13.2. The molecule has 36 heavy (non-hydrogen) atoms. The number of aromatic nitrogens is 3. The van der Waals surface area contributed by atoms with Gasteiger partial charge < -0.3 is 20.3 Å². The van der Waals surface area contributed by atoms with E-state index >= 15 is 0 Å². The average molecular weight is 501 g/mol. The molecule has 1 fully saturated rings. The summed E-state index contributed by atoms with van der Waals surface area (Å²) in [5.74, 6) is 1.53. The number of ether oxygens (including phenoxy) is 1. The maximum Gasteiger partial charge on any atom is 0.416 e. The van der Waals surface area contributed by atoms with Crippen LogP contribution in [0.5, 0.6) is 5.75 Å². The fraction of sp³-hybridized carbons (Fsp3) is 0.360. The molecule has 1 saturated heterocycles. The van der Waals surface area contributed by atoms with Crippen molar-refractivity contribution in [3.63, 3.8) is 0 Å². The van der Waals surface area contributed by atoms with Crippen molar-refractivity contribution in [2.75, 3.05) is 37.5 Å². The summed E-state index contributed by atoms with van der Waals surface area (Å²) in [6.45, 7) is 0.890. The van der Waals surface area contributed by atoms with Crippen molar-refractivity contribution in [3.05, 3.63) is 59.7 Å². The van der Waals surface area contributed by atoms with E-state index in [2.05, 4.69) is 25.6 Å². The zero-order valence-electron chi connectivity index (χ0n) is 20.0. The standard InChI is InChI=1S/C25H27F3N6O2/c1-29-23-31-21(17-7-5-8-19(14-17)36-2)32-24(33-23)34-12-10-16(11-13-34)22(35)30-15-18-6-3-4-9-20(18)25(26,27)28/h3-9,14,16H,10-13,15H2,1-2H3,(H,30,35)(H,29,31,32,33). The SMILES string of the molecule is CNc1nc(-c2cccc(OC)c2)nc(N2CCC(C(=O)NCc3ccccc3C(F)(F)F)CC2)n1. The van der Waals surface area contributed by atoms with E-state index in [1.807, 2.05) is 29.2 Å². The Morgan fingerprint density at radius 3 is 2.53 bits per heavy atom. The molecular formula is C25H27F3N6O2. The third-order valence-corrected chi connectivity index (χ3v) is 6.10. The van der Waals surface area contributed by atoms with Crippen LogP contribution in [0.2, 0.25) is 0 Å². The monoisotopic (exact) mass is 500 g/mol. The Labute approximate surface area is 206 Å². The average Bonchev–Trinajstić information content (AvgIpc) is 2.91. The molecule has 0 spiro atoms. The van der Waals surface area contributed by atoms with E-state index in [4.69, 9.17) is 4.74 Å². The first kappa shape index (κ1) is 25.2. The minimum atomic E-state index is -4.47. The van der Waals surface area contributed by atoms with Crippen molar-refractivity contribution in [2.24, 2.45) is 5.92 Å². The highest BCUT2D eigenvalue weighted by molar-refractivity contribution is 5.79. The number of benzene rings is 2. The quantitative estimate of drug-likeness (QED) is 0.504. The highest BCUT2D eigenvalue weighted by Gasteiger charge is 2.33. The molecule has 0 atom stereocenters. The molecule has 0 unspecified atom stereocenters. The lowest BCUT2D eigenvalue weighted by molar-refractivity contribution is -0.138. The van der Waals surface area contributed by atoms with Crippen LogP contribution in [-0.2, 0) is 17.5 Å². The Bertz CT molecular complexity index is 1210. The number of alkyl halides is 3. The molecule has 0 aliphatic carbocycles. The van der Waals surface area contributed by atoms with Crippen molar-refractivity contribution in [1.29, 1.82) is 0 Å². The zero-order chi connectivity index (χ0) is 25.7. The lowest BCUT2D eigenvalue weighted by Crippen LogP contribution is -2.41. The summed E-state index contributed by atoms with van der Waals surface area (Å²) < 4.78 is 44.9. The minimum absolute atomic E-state index is 0.0469. The topological polar surface area (TPSA) is 92.3 Å². The largest absolute Gasteiger partial charge is 0.497 e. The second-order valence-electron chi connectivity index (χ2n) is 8.40. The number of hydrogen-bond donors (Lipinski definition) is 2. The Morgan fingerprint density at radius 2 is 1.83 bits per heavy atom. The van der Waals surface area contributed by atoms with Crippen LogP contribution in [0.3, 0.4) is 0 Å². The van der Waals surface area contributed by atoms with Gasteiger partial charge in [-0.3, -0.25) is 4.79 Å². The van der Waals surface area contributed by atoms with E-state index in [0.717, 1.165) is 11.6 Å². The molecule has 2 aromatic carbocycles. The smallest absolute Gasteiger partial charge is 0.416 e. The molecule has 0 radical (unpaired) electrons. The van der Waals surface area contributed by atoms with E-state index in [0.29, 0.717) is 49.4 Å². The predicted octanol–water partition coefficient (Wildman–Crippen LogP) is 4.14. The number of carbonyl (C=O) groups is 1. The van der Waals surface area contributed by atoms with Gasteiger partial charge in [0.1, 0.15) is 5.75 Å². The summed E-state index contributed by atoms with van der Waals surface area (Å²) in [7, 11) is 3.31. The lowest BCUT2D eigenvalue weighted by atomic mass is 9.96. The van der Waals surface area contributed by atoms with Crippen molar-refractivity contribution in [1.82, 2.24) is 20.3 Å². The first-order valence-electron chi connectivity index (χ1n) is 11.5. The molecule has 1 aliphatic heterocycles. The first-order valence-corrected chi connectivity index (χ1v) is 11.5. The van der Waals surface area contributed by atoms with Gasteiger partial charge in [-0.15, -0.1) is 0 Å². The van der Waals surface area contributed by atoms with E-state index in [1.54, 1.807) is 14.2 Å².